The van der Waals surface area contributed by atoms with Crippen LogP contribution in [0.3, 0.4) is 0 Å². The summed E-state index contributed by atoms with van der Waals surface area (Å²) in [6.45, 7) is 1.24. The number of nitrogens with zero attached hydrogens (tertiary/aromatic N) is 1. The number of aromatic nitrogens is 1. The highest BCUT2D eigenvalue weighted by Crippen LogP contribution is 2.34. The highest BCUT2D eigenvalue weighted by atomic mass is 32.2. The van der Waals surface area contributed by atoms with Crippen LogP contribution < -0.4 is 0 Å². The van der Waals surface area contributed by atoms with E-state index in [1.807, 2.05) is 31.2 Å². The highest BCUT2D eigenvalue weighted by Gasteiger charge is 2.40. The van der Waals surface area contributed by atoms with Crippen LogP contribution in [0.4, 0.5) is 0 Å². The summed E-state index contributed by atoms with van der Waals surface area (Å²) in [5.74, 6) is 0.905. The van der Waals surface area contributed by atoms with Gasteiger partial charge in [0.25, 0.3) is 0 Å². The van der Waals surface area contributed by atoms with Crippen LogP contribution in [0.5, 0.6) is 0 Å². The second-order valence-corrected chi connectivity index (χ2v) is 9.87. The van der Waals surface area contributed by atoms with Gasteiger partial charge in [0.05, 0.1) is 24.2 Å². The van der Waals surface area contributed by atoms with Gasteiger partial charge in [0, 0.05) is 6.20 Å². The number of aliphatic hydroxyl groups is 3. The van der Waals surface area contributed by atoms with Gasteiger partial charge in [-0.1, -0.05) is 25.0 Å². The quantitative estimate of drug-likeness (QED) is 0.479. The van der Waals surface area contributed by atoms with E-state index in [2.05, 4.69) is 4.98 Å². The molecular weight excluding hydrogens is 418 g/mol. The van der Waals surface area contributed by atoms with Gasteiger partial charge in [-0.05, 0) is 60.8 Å². The highest BCUT2D eigenvalue weighted by molar-refractivity contribution is 7.92. The molecule has 0 aromatic carbocycles. The molecule has 0 unspecified atom stereocenters. The van der Waals surface area contributed by atoms with Crippen LogP contribution in [0, 0.1) is 0 Å². The van der Waals surface area contributed by atoms with Crippen molar-refractivity contribution in [3.05, 3.63) is 64.9 Å². The Morgan fingerprint density at radius 2 is 2.10 bits per heavy atom. The molecule has 8 heteroatoms. The summed E-state index contributed by atoms with van der Waals surface area (Å²) in [4.78, 5) is 4.39. The van der Waals surface area contributed by atoms with Crippen molar-refractivity contribution in [3.8, 4) is 0 Å². The van der Waals surface area contributed by atoms with Crippen LogP contribution in [0.1, 0.15) is 49.8 Å². The lowest BCUT2D eigenvalue weighted by Crippen LogP contribution is -2.29. The smallest absolute Gasteiger partial charge is 0.163 e. The molecule has 3 rings (SSSR count). The zero-order chi connectivity index (χ0) is 22.4. The molecule has 7 nitrogen and oxygen atoms in total. The summed E-state index contributed by atoms with van der Waals surface area (Å²) in [5.41, 5.74) is 2.70. The van der Waals surface area contributed by atoms with Gasteiger partial charge in [0.1, 0.15) is 23.4 Å². The van der Waals surface area contributed by atoms with Gasteiger partial charge in [0.15, 0.2) is 9.84 Å². The van der Waals surface area contributed by atoms with E-state index < -0.39 is 27.8 Å². The lowest BCUT2D eigenvalue weighted by Gasteiger charge is -2.19. The first-order valence-corrected chi connectivity index (χ1v) is 12.1. The number of allylic oxidation sites excluding steroid dienone is 1. The third-order valence-electron chi connectivity index (χ3n) is 5.48. The van der Waals surface area contributed by atoms with Crippen LogP contribution in [0.15, 0.2) is 52.1 Å². The van der Waals surface area contributed by atoms with Crippen molar-refractivity contribution in [2.24, 2.45) is 0 Å². The molecule has 2 atom stereocenters. The Hall–Kier alpha value is -2.26. The summed E-state index contributed by atoms with van der Waals surface area (Å²) < 4.78 is 30.5. The zero-order valence-corrected chi connectivity index (χ0v) is 18.4. The van der Waals surface area contributed by atoms with Crippen molar-refractivity contribution in [2.75, 3.05) is 12.4 Å². The topological polar surface area (TPSA) is 121 Å². The molecule has 0 spiro atoms. The van der Waals surface area contributed by atoms with Crippen molar-refractivity contribution in [1.29, 1.82) is 0 Å². The standard InChI is InChI=1S/C23H29NO6S/c1-2-5-17-15-31(28,29)22(14-26)23(17)21(27)10-7-16(20-6-3-4-11-24-20)12-18-8-9-19(13-25)30-18/h3-4,6,8-9,11-12,21-22,25-27H,2,5,7,10,13-15H2,1H3/b16-12-/t21-,22+/m1/s1. The van der Waals surface area contributed by atoms with Crippen LogP contribution >= 0.6 is 0 Å². The van der Waals surface area contributed by atoms with Gasteiger partial charge < -0.3 is 19.7 Å². The fourth-order valence-corrected chi connectivity index (χ4v) is 5.97. The summed E-state index contributed by atoms with van der Waals surface area (Å²) in [5, 5.41) is 28.8. The normalized spacial score (nSPS) is 19.7. The maximum absolute atomic E-state index is 12.5. The molecule has 31 heavy (non-hydrogen) atoms. The Labute approximate surface area is 182 Å². The summed E-state index contributed by atoms with van der Waals surface area (Å²) in [6.07, 6.45) is 4.57. The maximum atomic E-state index is 12.5. The average molecular weight is 448 g/mol. The Morgan fingerprint density at radius 3 is 2.71 bits per heavy atom. The van der Waals surface area contributed by atoms with Crippen LogP contribution in [-0.4, -0.2) is 52.4 Å². The number of rotatable bonds is 10. The van der Waals surface area contributed by atoms with E-state index in [4.69, 9.17) is 4.42 Å². The van der Waals surface area contributed by atoms with Gasteiger partial charge in [-0.3, -0.25) is 4.98 Å². The molecule has 0 saturated carbocycles. The molecule has 0 fully saturated rings. The molecule has 0 aliphatic carbocycles. The second-order valence-electron chi connectivity index (χ2n) is 7.69. The Kier molecular flexibility index (Phi) is 7.83. The molecule has 168 valence electrons. The molecule has 3 N–H and O–H groups in total. The average Bonchev–Trinajstić information content (AvgIpc) is 3.32. The van der Waals surface area contributed by atoms with E-state index in [1.54, 1.807) is 18.3 Å². The van der Waals surface area contributed by atoms with Crippen molar-refractivity contribution >= 4 is 21.5 Å². The minimum Gasteiger partial charge on any atom is -0.459 e. The maximum Gasteiger partial charge on any atom is 0.163 e. The molecule has 3 heterocycles. The Bertz CT molecular complexity index is 1040. The van der Waals surface area contributed by atoms with Crippen molar-refractivity contribution in [3.63, 3.8) is 0 Å². The summed E-state index contributed by atoms with van der Waals surface area (Å²) in [6, 6.07) is 8.96. The zero-order valence-electron chi connectivity index (χ0n) is 17.6. The van der Waals surface area contributed by atoms with Gasteiger partial charge in [0.2, 0.25) is 0 Å². The summed E-state index contributed by atoms with van der Waals surface area (Å²) in [7, 11) is -3.49. The first-order chi connectivity index (χ1) is 14.9. The number of aliphatic hydroxyl groups excluding tert-OH is 3. The van der Waals surface area contributed by atoms with Crippen molar-refractivity contribution in [1.82, 2.24) is 4.98 Å². The van der Waals surface area contributed by atoms with Crippen LogP contribution in [0.2, 0.25) is 0 Å². The van der Waals surface area contributed by atoms with Gasteiger partial charge in [-0.15, -0.1) is 0 Å². The van der Waals surface area contributed by atoms with E-state index in [0.29, 0.717) is 29.9 Å². The van der Waals surface area contributed by atoms with E-state index in [-0.39, 0.29) is 18.8 Å². The van der Waals surface area contributed by atoms with E-state index in [9.17, 15) is 23.7 Å². The Balaban J connectivity index is 1.86. The SMILES string of the molecule is CCCC1=C([C@H](O)CC/C(=C/c2ccc(CO)o2)c2ccccn2)[C@H](CO)S(=O)(=O)C1. The van der Waals surface area contributed by atoms with Crippen molar-refractivity contribution in [2.45, 2.75) is 50.6 Å². The predicted octanol–water partition coefficient (Wildman–Crippen LogP) is 2.73. The van der Waals surface area contributed by atoms with E-state index >= 15 is 0 Å². The molecule has 0 saturated heterocycles. The fraction of sp³-hybridized carbons (Fsp3) is 0.435. The second kappa shape index (κ2) is 10.4. The predicted molar refractivity (Wildman–Crippen MR) is 119 cm³/mol. The lowest BCUT2D eigenvalue weighted by atomic mass is 9.93. The van der Waals surface area contributed by atoms with Gasteiger partial charge in [-0.2, -0.15) is 0 Å². The molecule has 1 aliphatic heterocycles. The third kappa shape index (κ3) is 5.51. The monoisotopic (exact) mass is 447 g/mol. The number of furan rings is 1. The number of pyridine rings is 1. The van der Waals surface area contributed by atoms with Crippen molar-refractivity contribution < 1.29 is 28.2 Å². The molecule has 2 aromatic heterocycles. The molecule has 0 radical (unpaired) electrons. The Morgan fingerprint density at radius 1 is 1.29 bits per heavy atom. The summed E-state index contributed by atoms with van der Waals surface area (Å²) >= 11 is 0. The minimum absolute atomic E-state index is 0.0995. The molecular formula is C23H29NO6S. The number of hydrogen-bond acceptors (Lipinski definition) is 7. The molecule has 0 amide bonds. The van der Waals surface area contributed by atoms with Gasteiger partial charge >= 0.3 is 0 Å². The van der Waals surface area contributed by atoms with Gasteiger partial charge in [-0.25, -0.2) is 8.42 Å². The lowest BCUT2D eigenvalue weighted by molar-refractivity contribution is 0.190. The number of hydrogen-bond donors (Lipinski definition) is 3. The number of sulfone groups is 1. The first kappa shape index (κ1) is 23.4. The minimum atomic E-state index is -3.49. The molecule has 1 aliphatic rings. The van der Waals surface area contributed by atoms with E-state index in [1.165, 1.54) is 0 Å². The third-order valence-corrected chi connectivity index (χ3v) is 7.50. The van der Waals surface area contributed by atoms with Crippen LogP contribution in [0.25, 0.3) is 11.6 Å². The molecule has 0 bridgehead atoms. The largest absolute Gasteiger partial charge is 0.459 e. The first-order valence-electron chi connectivity index (χ1n) is 10.4. The fourth-order valence-electron chi connectivity index (χ4n) is 4.03. The van der Waals surface area contributed by atoms with Crippen LogP contribution in [-0.2, 0) is 16.4 Å². The van der Waals surface area contributed by atoms with E-state index in [0.717, 1.165) is 23.3 Å². The molecule has 2 aromatic rings.